The fraction of sp³-hybridized carbons (Fsp3) is 0.882. The molecule has 0 radical (unpaired) electrons. The van der Waals surface area contributed by atoms with Crippen LogP contribution in [-0.2, 0) is 0 Å². The summed E-state index contributed by atoms with van der Waals surface area (Å²) in [7, 11) is 0. The van der Waals surface area contributed by atoms with Crippen molar-refractivity contribution in [3.8, 4) is 0 Å². The van der Waals surface area contributed by atoms with Crippen LogP contribution in [0.2, 0.25) is 0 Å². The van der Waals surface area contributed by atoms with Crippen molar-refractivity contribution in [3.63, 3.8) is 0 Å². The summed E-state index contributed by atoms with van der Waals surface area (Å²) in [6.45, 7) is 6.64. The van der Waals surface area contributed by atoms with Gasteiger partial charge in [-0.15, -0.1) is 0 Å². The molecule has 2 nitrogen and oxygen atoms in total. The lowest BCUT2D eigenvalue weighted by Crippen LogP contribution is -2.54. The van der Waals surface area contributed by atoms with E-state index in [0.29, 0.717) is 0 Å². The first kappa shape index (κ1) is 15.1. The number of nitrogens with two attached hydrogens (primary N) is 1. The largest absolute Gasteiger partial charge is 0.329 e. The van der Waals surface area contributed by atoms with Crippen LogP contribution in [0.1, 0.15) is 65.2 Å². The Kier molecular flexibility index (Phi) is 5.47. The zero-order valence-corrected chi connectivity index (χ0v) is 12.9. The van der Waals surface area contributed by atoms with Crippen LogP contribution in [0.25, 0.3) is 0 Å². The zero-order chi connectivity index (χ0) is 13.7. The predicted octanol–water partition coefficient (Wildman–Crippen LogP) is 3.62. The lowest BCUT2D eigenvalue weighted by atomic mass is 9.71. The fourth-order valence-electron chi connectivity index (χ4n) is 3.85. The minimum atomic E-state index is 0.229. The molecule has 2 rings (SSSR count). The van der Waals surface area contributed by atoms with Gasteiger partial charge in [0, 0.05) is 12.1 Å². The Balaban J connectivity index is 1.83. The Hall–Kier alpha value is -0.340. The van der Waals surface area contributed by atoms with Crippen LogP contribution >= 0.6 is 0 Å². The molecule has 0 saturated heterocycles. The Labute approximate surface area is 119 Å². The monoisotopic (exact) mass is 264 g/mol. The average Bonchev–Trinajstić information content (AvgIpc) is 2.92. The van der Waals surface area contributed by atoms with Crippen LogP contribution < -0.4 is 11.1 Å². The maximum absolute atomic E-state index is 6.12. The molecule has 0 heterocycles. The SMILES string of the molecule is CC(C)C1CCCC(CN)(NCCC2=CCCC2)C1. The van der Waals surface area contributed by atoms with E-state index in [1.807, 2.05) is 0 Å². The maximum Gasteiger partial charge on any atom is 0.0306 e. The van der Waals surface area contributed by atoms with Gasteiger partial charge in [-0.1, -0.05) is 38.3 Å². The summed E-state index contributed by atoms with van der Waals surface area (Å²) in [4.78, 5) is 0. The summed E-state index contributed by atoms with van der Waals surface area (Å²) in [5.41, 5.74) is 8.01. The molecule has 2 aliphatic carbocycles. The molecular formula is C17H32N2. The van der Waals surface area contributed by atoms with Crippen molar-refractivity contribution < 1.29 is 0 Å². The van der Waals surface area contributed by atoms with Crippen molar-refractivity contribution in [1.29, 1.82) is 0 Å². The second kappa shape index (κ2) is 6.90. The molecule has 3 N–H and O–H groups in total. The molecule has 2 heteroatoms. The van der Waals surface area contributed by atoms with Gasteiger partial charge in [-0.2, -0.15) is 0 Å². The molecule has 2 aliphatic rings. The van der Waals surface area contributed by atoms with Crippen LogP contribution in [0.15, 0.2) is 11.6 Å². The minimum Gasteiger partial charge on any atom is -0.329 e. The molecule has 2 atom stereocenters. The van der Waals surface area contributed by atoms with Crippen molar-refractivity contribution in [2.24, 2.45) is 17.6 Å². The highest BCUT2D eigenvalue weighted by Crippen LogP contribution is 2.36. The van der Waals surface area contributed by atoms with Gasteiger partial charge in [-0.05, 0) is 56.9 Å². The van der Waals surface area contributed by atoms with Crippen LogP contribution in [0, 0.1) is 11.8 Å². The van der Waals surface area contributed by atoms with Gasteiger partial charge in [-0.25, -0.2) is 0 Å². The molecule has 0 aromatic rings. The first-order valence-electron chi connectivity index (χ1n) is 8.28. The van der Waals surface area contributed by atoms with E-state index in [0.717, 1.165) is 24.9 Å². The number of nitrogens with one attached hydrogen (secondary N) is 1. The van der Waals surface area contributed by atoms with Crippen molar-refractivity contribution in [1.82, 2.24) is 5.32 Å². The highest BCUT2D eigenvalue weighted by molar-refractivity contribution is 5.08. The summed E-state index contributed by atoms with van der Waals surface area (Å²) in [6.07, 6.45) is 12.9. The molecule has 2 unspecified atom stereocenters. The van der Waals surface area contributed by atoms with Gasteiger partial charge in [0.1, 0.15) is 0 Å². The van der Waals surface area contributed by atoms with E-state index in [9.17, 15) is 0 Å². The van der Waals surface area contributed by atoms with Crippen LogP contribution in [0.3, 0.4) is 0 Å². The van der Waals surface area contributed by atoms with E-state index in [1.54, 1.807) is 5.57 Å². The highest BCUT2D eigenvalue weighted by atomic mass is 15.0. The molecule has 0 aliphatic heterocycles. The van der Waals surface area contributed by atoms with Crippen molar-refractivity contribution in [3.05, 3.63) is 11.6 Å². The van der Waals surface area contributed by atoms with Gasteiger partial charge in [-0.3, -0.25) is 0 Å². The molecule has 0 aromatic carbocycles. The summed E-state index contributed by atoms with van der Waals surface area (Å²) in [5.74, 6) is 1.65. The van der Waals surface area contributed by atoms with Crippen LogP contribution in [0.5, 0.6) is 0 Å². The van der Waals surface area contributed by atoms with E-state index in [1.165, 1.54) is 51.4 Å². The zero-order valence-electron chi connectivity index (χ0n) is 12.9. The summed E-state index contributed by atoms with van der Waals surface area (Å²) in [5, 5.41) is 3.83. The van der Waals surface area contributed by atoms with Crippen LogP contribution in [0.4, 0.5) is 0 Å². The molecule has 19 heavy (non-hydrogen) atoms. The standard InChI is InChI=1S/C17H32N2/c1-14(2)16-8-5-10-17(12-16,13-18)19-11-9-15-6-3-4-7-15/h6,14,16,19H,3-5,7-13,18H2,1-2H3. The molecule has 1 fully saturated rings. The third-order valence-corrected chi connectivity index (χ3v) is 5.30. The van der Waals surface area contributed by atoms with Gasteiger partial charge in [0.25, 0.3) is 0 Å². The third kappa shape index (κ3) is 4.06. The second-order valence-corrected chi connectivity index (χ2v) is 7.02. The highest BCUT2D eigenvalue weighted by Gasteiger charge is 2.35. The van der Waals surface area contributed by atoms with Gasteiger partial charge >= 0.3 is 0 Å². The molecular weight excluding hydrogens is 232 g/mol. The smallest absolute Gasteiger partial charge is 0.0306 e. The molecule has 0 bridgehead atoms. The average molecular weight is 264 g/mol. The molecule has 1 saturated carbocycles. The Bertz CT molecular complexity index is 308. The number of rotatable bonds is 6. The predicted molar refractivity (Wildman–Crippen MR) is 83.1 cm³/mol. The van der Waals surface area contributed by atoms with Gasteiger partial charge in [0.05, 0.1) is 0 Å². The summed E-state index contributed by atoms with van der Waals surface area (Å²) >= 11 is 0. The van der Waals surface area contributed by atoms with E-state index in [4.69, 9.17) is 5.73 Å². The van der Waals surface area contributed by atoms with Gasteiger partial charge < -0.3 is 11.1 Å². The normalized spacial score (nSPS) is 31.8. The number of hydrogen-bond donors (Lipinski definition) is 2. The van der Waals surface area contributed by atoms with Crippen molar-refractivity contribution >= 4 is 0 Å². The fourth-order valence-corrected chi connectivity index (χ4v) is 3.85. The quantitative estimate of drug-likeness (QED) is 0.719. The first-order valence-corrected chi connectivity index (χ1v) is 8.28. The van der Waals surface area contributed by atoms with E-state index in [-0.39, 0.29) is 5.54 Å². The number of allylic oxidation sites excluding steroid dienone is 1. The first-order chi connectivity index (χ1) is 9.15. The number of hydrogen-bond acceptors (Lipinski definition) is 2. The topological polar surface area (TPSA) is 38.0 Å². The van der Waals surface area contributed by atoms with Gasteiger partial charge in [0.15, 0.2) is 0 Å². The molecule has 0 amide bonds. The summed E-state index contributed by atoms with van der Waals surface area (Å²) < 4.78 is 0. The van der Waals surface area contributed by atoms with Crippen molar-refractivity contribution in [2.45, 2.75) is 70.8 Å². The van der Waals surface area contributed by atoms with Crippen molar-refractivity contribution in [2.75, 3.05) is 13.1 Å². The molecule has 0 spiro atoms. The van der Waals surface area contributed by atoms with Crippen LogP contribution in [-0.4, -0.2) is 18.6 Å². The second-order valence-electron chi connectivity index (χ2n) is 7.02. The Morgan fingerprint density at radius 1 is 1.42 bits per heavy atom. The van der Waals surface area contributed by atoms with E-state index >= 15 is 0 Å². The minimum absolute atomic E-state index is 0.229. The lowest BCUT2D eigenvalue weighted by molar-refractivity contribution is 0.154. The van der Waals surface area contributed by atoms with E-state index in [2.05, 4.69) is 25.2 Å². The van der Waals surface area contributed by atoms with Gasteiger partial charge in [0.2, 0.25) is 0 Å². The Morgan fingerprint density at radius 3 is 2.89 bits per heavy atom. The third-order valence-electron chi connectivity index (χ3n) is 5.30. The molecule has 110 valence electrons. The Morgan fingerprint density at radius 2 is 2.26 bits per heavy atom. The molecule has 0 aromatic heterocycles. The lowest BCUT2D eigenvalue weighted by Gasteiger charge is -2.42. The summed E-state index contributed by atoms with van der Waals surface area (Å²) in [6, 6.07) is 0. The van der Waals surface area contributed by atoms with E-state index < -0.39 is 0 Å². The maximum atomic E-state index is 6.12.